The molecule has 0 bridgehead atoms. The Morgan fingerprint density at radius 2 is 1.82 bits per heavy atom. The van der Waals surface area contributed by atoms with Crippen molar-refractivity contribution in [1.29, 1.82) is 0 Å². The molecule has 0 amide bonds. The van der Waals surface area contributed by atoms with E-state index >= 15 is 0 Å². The molecule has 3 heteroatoms. The van der Waals surface area contributed by atoms with E-state index < -0.39 is 0 Å². The Balaban J connectivity index is 1.73. The van der Waals surface area contributed by atoms with E-state index in [1.807, 2.05) is 7.11 Å². The molecule has 122 valence electrons. The van der Waals surface area contributed by atoms with Gasteiger partial charge in [0, 0.05) is 19.7 Å². The summed E-state index contributed by atoms with van der Waals surface area (Å²) in [5.74, 6) is 0. The summed E-state index contributed by atoms with van der Waals surface area (Å²) in [5, 5.41) is 0. The Labute approximate surface area is 135 Å². The van der Waals surface area contributed by atoms with Gasteiger partial charge in [-0.25, -0.2) is 0 Å². The Hall–Kier alpha value is -0.900. The van der Waals surface area contributed by atoms with Crippen LogP contribution in [0.25, 0.3) is 0 Å². The van der Waals surface area contributed by atoms with Crippen molar-refractivity contribution in [2.75, 3.05) is 27.2 Å². The largest absolute Gasteiger partial charge is 0.380 e. The number of ether oxygens (including phenoxy) is 1. The molecule has 1 aliphatic carbocycles. The van der Waals surface area contributed by atoms with Crippen LogP contribution in [0.5, 0.6) is 0 Å². The first-order valence-electron chi connectivity index (χ1n) is 8.80. The van der Waals surface area contributed by atoms with E-state index in [0.29, 0.717) is 18.2 Å². The molecule has 1 saturated heterocycles. The minimum absolute atomic E-state index is 0.398. The topological polar surface area (TPSA) is 15.7 Å². The molecule has 0 radical (unpaired) electrons. The lowest BCUT2D eigenvalue weighted by atomic mass is 9.85. The highest BCUT2D eigenvalue weighted by Crippen LogP contribution is 2.31. The molecule has 22 heavy (non-hydrogen) atoms. The van der Waals surface area contributed by atoms with Gasteiger partial charge in [0.1, 0.15) is 0 Å². The van der Waals surface area contributed by atoms with Gasteiger partial charge in [0.25, 0.3) is 0 Å². The molecular weight excluding hydrogens is 272 g/mol. The minimum Gasteiger partial charge on any atom is -0.380 e. The second kappa shape index (κ2) is 7.58. The number of benzene rings is 1. The van der Waals surface area contributed by atoms with E-state index in [0.717, 1.165) is 6.54 Å². The van der Waals surface area contributed by atoms with Crippen molar-refractivity contribution in [1.82, 2.24) is 9.80 Å². The molecule has 3 nitrogen and oxygen atoms in total. The van der Waals surface area contributed by atoms with Crippen LogP contribution >= 0.6 is 0 Å². The predicted molar refractivity (Wildman–Crippen MR) is 90.9 cm³/mol. The Kier molecular flexibility index (Phi) is 5.51. The average molecular weight is 302 g/mol. The zero-order valence-corrected chi connectivity index (χ0v) is 14.1. The maximum absolute atomic E-state index is 5.88. The summed E-state index contributed by atoms with van der Waals surface area (Å²) < 4.78 is 5.88. The molecule has 2 aliphatic rings. The van der Waals surface area contributed by atoms with Gasteiger partial charge in [-0.05, 0) is 57.8 Å². The Morgan fingerprint density at radius 3 is 2.50 bits per heavy atom. The number of methoxy groups -OCH3 is 1. The van der Waals surface area contributed by atoms with Gasteiger partial charge >= 0.3 is 0 Å². The first-order chi connectivity index (χ1) is 10.8. The highest BCUT2D eigenvalue weighted by molar-refractivity contribution is 5.14. The number of likely N-dealkylation sites (tertiary alicyclic amines) is 1. The third kappa shape index (κ3) is 3.53. The summed E-state index contributed by atoms with van der Waals surface area (Å²) >= 11 is 0. The molecule has 0 aromatic heterocycles. The SMILES string of the molecule is CO[C@@H]1CCC[C@@H](N(C)Cc2ccccc2)[C@@H]1N1CCCC1. The number of hydrogen-bond acceptors (Lipinski definition) is 3. The Bertz CT molecular complexity index is 442. The summed E-state index contributed by atoms with van der Waals surface area (Å²) in [6.45, 7) is 3.53. The predicted octanol–water partition coefficient (Wildman–Crippen LogP) is 3.15. The van der Waals surface area contributed by atoms with Crippen molar-refractivity contribution in [3.05, 3.63) is 35.9 Å². The van der Waals surface area contributed by atoms with E-state index in [2.05, 4.69) is 47.2 Å². The van der Waals surface area contributed by atoms with Crippen LogP contribution in [-0.4, -0.2) is 55.2 Å². The van der Waals surface area contributed by atoms with Crippen molar-refractivity contribution in [3.63, 3.8) is 0 Å². The van der Waals surface area contributed by atoms with Crippen LogP contribution in [0, 0.1) is 0 Å². The lowest BCUT2D eigenvalue weighted by molar-refractivity contribution is -0.0452. The van der Waals surface area contributed by atoms with Crippen LogP contribution in [-0.2, 0) is 11.3 Å². The summed E-state index contributed by atoms with van der Waals surface area (Å²) in [6.07, 6.45) is 6.89. The van der Waals surface area contributed by atoms with Crippen molar-refractivity contribution in [2.24, 2.45) is 0 Å². The van der Waals surface area contributed by atoms with Crippen LogP contribution in [0.4, 0.5) is 0 Å². The molecule has 0 N–H and O–H groups in total. The molecule has 1 saturated carbocycles. The van der Waals surface area contributed by atoms with Gasteiger partial charge in [-0.15, -0.1) is 0 Å². The number of nitrogens with zero attached hydrogens (tertiary/aromatic N) is 2. The molecule has 1 heterocycles. The van der Waals surface area contributed by atoms with Crippen molar-refractivity contribution < 1.29 is 4.74 Å². The summed E-state index contributed by atoms with van der Waals surface area (Å²) in [4.78, 5) is 5.25. The van der Waals surface area contributed by atoms with Gasteiger partial charge in [0.2, 0.25) is 0 Å². The van der Waals surface area contributed by atoms with Gasteiger partial charge in [-0.3, -0.25) is 9.80 Å². The monoisotopic (exact) mass is 302 g/mol. The lowest BCUT2D eigenvalue weighted by Crippen LogP contribution is -2.57. The van der Waals surface area contributed by atoms with E-state index in [1.165, 1.54) is 50.8 Å². The van der Waals surface area contributed by atoms with Crippen LogP contribution in [0.15, 0.2) is 30.3 Å². The molecule has 2 fully saturated rings. The second-order valence-corrected chi connectivity index (χ2v) is 6.91. The number of rotatable bonds is 5. The zero-order valence-electron chi connectivity index (χ0n) is 14.1. The number of hydrogen-bond donors (Lipinski definition) is 0. The van der Waals surface area contributed by atoms with Gasteiger partial charge in [0.15, 0.2) is 0 Å². The van der Waals surface area contributed by atoms with E-state index in [-0.39, 0.29) is 0 Å². The first kappa shape index (κ1) is 16.0. The second-order valence-electron chi connectivity index (χ2n) is 6.91. The smallest absolute Gasteiger partial charge is 0.0741 e. The third-order valence-electron chi connectivity index (χ3n) is 5.47. The molecular formula is C19H30N2O. The van der Waals surface area contributed by atoms with Crippen LogP contribution < -0.4 is 0 Å². The Morgan fingerprint density at radius 1 is 1.09 bits per heavy atom. The molecule has 3 rings (SSSR count). The minimum atomic E-state index is 0.398. The van der Waals surface area contributed by atoms with E-state index in [9.17, 15) is 0 Å². The van der Waals surface area contributed by atoms with Crippen molar-refractivity contribution in [2.45, 2.75) is 56.8 Å². The molecule has 3 atom stereocenters. The van der Waals surface area contributed by atoms with Gasteiger partial charge in [-0.2, -0.15) is 0 Å². The summed E-state index contributed by atoms with van der Waals surface area (Å²) in [6, 6.07) is 12.0. The first-order valence-corrected chi connectivity index (χ1v) is 8.80. The molecule has 1 aliphatic heterocycles. The van der Waals surface area contributed by atoms with Crippen molar-refractivity contribution in [3.8, 4) is 0 Å². The third-order valence-corrected chi connectivity index (χ3v) is 5.47. The highest BCUT2D eigenvalue weighted by Gasteiger charge is 2.40. The fraction of sp³-hybridized carbons (Fsp3) is 0.684. The molecule has 1 aromatic carbocycles. The quantitative estimate of drug-likeness (QED) is 0.831. The maximum Gasteiger partial charge on any atom is 0.0741 e. The highest BCUT2D eigenvalue weighted by atomic mass is 16.5. The molecule has 0 unspecified atom stereocenters. The van der Waals surface area contributed by atoms with Crippen LogP contribution in [0.2, 0.25) is 0 Å². The maximum atomic E-state index is 5.88. The van der Waals surface area contributed by atoms with Gasteiger partial charge in [-0.1, -0.05) is 30.3 Å². The van der Waals surface area contributed by atoms with Gasteiger partial charge in [0.05, 0.1) is 12.1 Å². The summed E-state index contributed by atoms with van der Waals surface area (Å²) in [7, 11) is 4.19. The fourth-order valence-corrected chi connectivity index (χ4v) is 4.36. The zero-order chi connectivity index (χ0) is 15.4. The van der Waals surface area contributed by atoms with E-state index in [1.54, 1.807) is 0 Å². The van der Waals surface area contributed by atoms with Crippen LogP contribution in [0.1, 0.15) is 37.7 Å². The standard InChI is InChI=1S/C19H30N2O/c1-20(15-16-9-4-3-5-10-16)17-11-8-12-18(22-2)19(17)21-13-6-7-14-21/h3-5,9-10,17-19H,6-8,11-15H2,1-2H3/t17-,18-,19+/m1/s1. The normalized spacial score (nSPS) is 30.0. The van der Waals surface area contributed by atoms with Crippen LogP contribution in [0.3, 0.4) is 0 Å². The molecule has 0 spiro atoms. The van der Waals surface area contributed by atoms with Crippen molar-refractivity contribution >= 4 is 0 Å². The fourth-order valence-electron chi connectivity index (χ4n) is 4.36. The number of likely N-dealkylation sites (N-methyl/N-ethyl adjacent to an activating group) is 1. The molecule has 1 aromatic rings. The lowest BCUT2D eigenvalue weighted by Gasteiger charge is -2.46. The average Bonchev–Trinajstić information content (AvgIpc) is 3.09. The summed E-state index contributed by atoms with van der Waals surface area (Å²) in [5.41, 5.74) is 1.41. The van der Waals surface area contributed by atoms with E-state index in [4.69, 9.17) is 4.74 Å². The van der Waals surface area contributed by atoms with Gasteiger partial charge < -0.3 is 4.74 Å².